The summed E-state index contributed by atoms with van der Waals surface area (Å²) in [7, 11) is 0. The number of nitrogens with zero attached hydrogens (tertiary/aromatic N) is 2. The number of morpholine rings is 1. The third-order valence-electron chi connectivity index (χ3n) is 6.55. The summed E-state index contributed by atoms with van der Waals surface area (Å²) < 4.78 is 25.3. The van der Waals surface area contributed by atoms with Gasteiger partial charge in [0.15, 0.2) is 0 Å². The Morgan fingerprint density at radius 3 is 2.70 bits per heavy atom. The topological polar surface area (TPSA) is 42.0 Å². The monoisotopic (exact) mass is 410 g/mol. The third-order valence-corrected chi connectivity index (χ3v) is 6.55. The van der Waals surface area contributed by atoms with Crippen molar-refractivity contribution in [3.63, 3.8) is 0 Å². The van der Waals surface area contributed by atoms with Crippen molar-refractivity contribution in [2.24, 2.45) is 0 Å². The van der Waals surface area contributed by atoms with Gasteiger partial charge < -0.3 is 14.4 Å². The second-order valence-electron chi connectivity index (χ2n) is 8.31. The van der Waals surface area contributed by atoms with Crippen LogP contribution in [-0.2, 0) is 20.7 Å². The van der Waals surface area contributed by atoms with Crippen LogP contribution in [0.1, 0.15) is 29.2 Å². The molecule has 30 heavy (non-hydrogen) atoms. The van der Waals surface area contributed by atoms with E-state index in [9.17, 15) is 9.18 Å². The summed E-state index contributed by atoms with van der Waals surface area (Å²) in [6.07, 6.45) is 1.04. The van der Waals surface area contributed by atoms with Crippen LogP contribution in [0.2, 0.25) is 0 Å². The summed E-state index contributed by atoms with van der Waals surface area (Å²) in [5, 5.41) is 0. The van der Waals surface area contributed by atoms with Crippen molar-refractivity contribution in [2.45, 2.75) is 31.0 Å². The fourth-order valence-corrected chi connectivity index (χ4v) is 4.92. The second-order valence-corrected chi connectivity index (χ2v) is 8.31. The number of carbonyl (C=O) groups excluding carboxylic acids is 1. The van der Waals surface area contributed by atoms with E-state index in [4.69, 9.17) is 9.47 Å². The molecule has 5 nitrogen and oxygen atoms in total. The van der Waals surface area contributed by atoms with E-state index in [1.165, 1.54) is 17.7 Å². The van der Waals surface area contributed by atoms with E-state index in [0.29, 0.717) is 26.2 Å². The molecule has 2 fully saturated rings. The highest BCUT2D eigenvalue weighted by Crippen LogP contribution is 2.36. The van der Waals surface area contributed by atoms with Crippen LogP contribution in [0.4, 0.5) is 4.39 Å². The van der Waals surface area contributed by atoms with Gasteiger partial charge >= 0.3 is 0 Å². The molecule has 0 unspecified atom stereocenters. The van der Waals surface area contributed by atoms with Crippen molar-refractivity contribution in [2.75, 3.05) is 39.5 Å². The van der Waals surface area contributed by atoms with E-state index in [-0.39, 0.29) is 23.8 Å². The minimum Gasteiger partial charge on any atom is -0.378 e. The molecule has 0 bridgehead atoms. The Bertz CT molecular complexity index is 888. The van der Waals surface area contributed by atoms with Crippen molar-refractivity contribution in [3.05, 3.63) is 71.0 Å². The van der Waals surface area contributed by atoms with Crippen LogP contribution in [0, 0.1) is 5.82 Å². The molecule has 3 heterocycles. The highest BCUT2D eigenvalue weighted by Gasteiger charge is 2.38. The van der Waals surface area contributed by atoms with Crippen LogP contribution in [0.5, 0.6) is 0 Å². The minimum absolute atomic E-state index is 0.0274. The number of fused-ring (bicyclic) bond motifs is 2. The lowest BCUT2D eigenvalue weighted by atomic mass is 9.87. The Morgan fingerprint density at radius 2 is 1.83 bits per heavy atom. The maximum absolute atomic E-state index is 13.6. The van der Waals surface area contributed by atoms with Gasteiger partial charge in [-0.25, -0.2) is 4.39 Å². The van der Waals surface area contributed by atoms with E-state index in [2.05, 4.69) is 17.0 Å². The largest absolute Gasteiger partial charge is 0.378 e. The van der Waals surface area contributed by atoms with Crippen molar-refractivity contribution < 1.29 is 18.7 Å². The molecular weight excluding hydrogens is 383 g/mol. The van der Waals surface area contributed by atoms with Gasteiger partial charge in [0.05, 0.1) is 31.9 Å². The number of hydrogen-bond donors (Lipinski definition) is 0. The number of amides is 1. The van der Waals surface area contributed by atoms with E-state index >= 15 is 0 Å². The molecule has 158 valence electrons. The number of hydrogen-bond acceptors (Lipinski definition) is 4. The zero-order valence-corrected chi connectivity index (χ0v) is 17.0. The normalized spacial score (nSPS) is 27.1. The van der Waals surface area contributed by atoms with Gasteiger partial charge in [-0.2, -0.15) is 0 Å². The Hall–Kier alpha value is -2.28. The first-order valence-corrected chi connectivity index (χ1v) is 10.8. The predicted molar refractivity (Wildman–Crippen MR) is 111 cm³/mol. The standard InChI is InChI=1S/C24H27FN2O3/c25-19-7-5-18(6-8-19)23-21-4-2-1-3-17(21)9-12-27(23)24(28)22-10-11-26-13-14-29-15-20(26)16-30-22/h1-8,20,22-23H,9-16H2/t20-,22+,23+/m1/s1. The summed E-state index contributed by atoms with van der Waals surface area (Å²) >= 11 is 0. The van der Waals surface area contributed by atoms with Crippen molar-refractivity contribution in [1.29, 1.82) is 0 Å². The zero-order valence-electron chi connectivity index (χ0n) is 17.0. The summed E-state index contributed by atoms with van der Waals surface area (Å²) in [4.78, 5) is 18.0. The Morgan fingerprint density at radius 1 is 1.00 bits per heavy atom. The molecule has 3 atom stereocenters. The zero-order chi connectivity index (χ0) is 20.5. The number of benzene rings is 2. The van der Waals surface area contributed by atoms with Crippen molar-refractivity contribution >= 4 is 5.91 Å². The lowest BCUT2D eigenvalue weighted by Crippen LogP contribution is -2.46. The van der Waals surface area contributed by atoms with Gasteiger partial charge in [0.1, 0.15) is 11.9 Å². The molecule has 2 aromatic rings. The summed E-state index contributed by atoms with van der Waals surface area (Å²) in [5.74, 6) is -0.244. The maximum atomic E-state index is 13.6. The molecule has 2 aromatic carbocycles. The van der Waals surface area contributed by atoms with Gasteiger partial charge in [-0.05, 0) is 41.7 Å². The van der Waals surface area contributed by atoms with Gasteiger partial charge in [0.25, 0.3) is 5.91 Å². The molecule has 0 aromatic heterocycles. The molecular formula is C24H27FN2O3. The van der Waals surface area contributed by atoms with Crippen LogP contribution in [0.3, 0.4) is 0 Å². The molecule has 6 heteroatoms. The van der Waals surface area contributed by atoms with Crippen LogP contribution < -0.4 is 0 Å². The molecule has 0 spiro atoms. The number of carbonyl (C=O) groups is 1. The van der Waals surface area contributed by atoms with E-state index in [0.717, 1.165) is 37.2 Å². The summed E-state index contributed by atoms with van der Waals surface area (Å²) in [6, 6.07) is 14.7. The average Bonchev–Trinajstić information content (AvgIpc) is 3.01. The van der Waals surface area contributed by atoms with Gasteiger partial charge in [0, 0.05) is 19.6 Å². The predicted octanol–water partition coefficient (Wildman–Crippen LogP) is 2.79. The van der Waals surface area contributed by atoms with Crippen LogP contribution in [0.15, 0.2) is 48.5 Å². The smallest absolute Gasteiger partial charge is 0.252 e. The van der Waals surface area contributed by atoms with Crippen molar-refractivity contribution in [1.82, 2.24) is 9.80 Å². The van der Waals surface area contributed by atoms with E-state index in [1.807, 2.05) is 17.0 Å². The fraction of sp³-hybridized carbons (Fsp3) is 0.458. The van der Waals surface area contributed by atoms with Crippen LogP contribution >= 0.6 is 0 Å². The third kappa shape index (κ3) is 3.75. The molecule has 2 saturated heterocycles. The highest BCUT2D eigenvalue weighted by molar-refractivity contribution is 5.82. The van der Waals surface area contributed by atoms with E-state index < -0.39 is 6.10 Å². The molecule has 0 aliphatic carbocycles. The highest BCUT2D eigenvalue weighted by atomic mass is 19.1. The minimum atomic E-state index is -0.455. The molecule has 3 aliphatic heterocycles. The fourth-order valence-electron chi connectivity index (χ4n) is 4.92. The van der Waals surface area contributed by atoms with Gasteiger partial charge in [-0.15, -0.1) is 0 Å². The van der Waals surface area contributed by atoms with Crippen LogP contribution in [-0.4, -0.2) is 67.3 Å². The Balaban J connectivity index is 1.43. The maximum Gasteiger partial charge on any atom is 0.252 e. The lowest BCUT2D eigenvalue weighted by Gasteiger charge is -2.39. The molecule has 5 rings (SSSR count). The van der Waals surface area contributed by atoms with E-state index in [1.54, 1.807) is 12.1 Å². The Kier molecular flexibility index (Phi) is 5.54. The number of rotatable bonds is 2. The molecule has 3 aliphatic rings. The molecule has 1 amide bonds. The molecule has 0 N–H and O–H groups in total. The first-order chi connectivity index (χ1) is 14.7. The van der Waals surface area contributed by atoms with Gasteiger partial charge in [0.2, 0.25) is 0 Å². The first-order valence-electron chi connectivity index (χ1n) is 10.8. The summed E-state index contributed by atoms with van der Waals surface area (Å²) in [6.45, 7) is 4.29. The second kappa shape index (κ2) is 8.46. The Labute approximate surface area is 176 Å². The quantitative estimate of drug-likeness (QED) is 0.764. The van der Waals surface area contributed by atoms with Crippen molar-refractivity contribution in [3.8, 4) is 0 Å². The molecule has 0 radical (unpaired) electrons. The van der Waals surface area contributed by atoms with Gasteiger partial charge in [-0.3, -0.25) is 9.69 Å². The molecule has 0 saturated carbocycles. The van der Waals surface area contributed by atoms with Gasteiger partial charge in [-0.1, -0.05) is 36.4 Å². The summed E-state index contributed by atoms with van der Waals surface area (Å²) in [5.41, 5.74) is 3.28. The first kappa shape index (κ1) is 19.7. The SMILES string of the molecule is O=C([C@@H]1CCN2CCOC[C@@H]2CO1)N1CCc2ccccc2[C@@H]1c1ccc(F)cc1. The number of halogens is 1. The lowest BCUT2D eigenvalue weighted by molar-refractivity contribution is -0.146. The average molecular weight is 410 g/mol. The number of ether oxygens (including phenoxy) is 2. The van der Waals surface area contributed by atoms with Crippen LogP contribution in [0.25, 0.3) is 0 Å².